The predicted molar refractivity (Wildman–Crippen MR) is 121 cm³/mol. The van der Waals surface area contributed by atoms with E-state index in [1.807, 2.05) is 0 Å². The van der Waals surface area contributed by atoms with E-state index in [0.717, 1.165) is 34.6 Å². The van der Waals surface area contributed by atoms with Crippen molar-refractivity contribution >= 4 is 46.9 Å². The SMILES string of the molecule is C=C(C)OC(C)=O.CC(=O)CC(F)(F)F.CC(=O)OC(C)(Cl)CC(F)(F)F.CC(=O)OC(C)(Cl)CC(F)(F)F. The van der Waals surface area contributed by atoms with Crippen molar-refractivity contribution in [3.8, 4) is 0 Å². The molecule has 0 aliphatic heterocycles. The molecule has 2 unspecified atom stereocenters. The van der Waals surface area contributed by atoms with E-state index in [-0.39, 0.29) is 5.97 Å². The van der Waals surface area contributed by atoms with Gasteiger partial charge in [-0.15, -0.1) is 0 Å². The molecule has 0 radical (unpaired) electrons. The maximum absolute atomic E-state index is 11.7. The number of Topliss-reactive ketones (excluding diaryl/α,β-unsaturated/α-hetero) is 1. The molecular weight excluding hydrogens is 606 g/mol. The first-order valence-electron chi connectivity index (χ1n) is 10.1. The van der Waals surface area contributed by atoms with E-state index < -0.39 is 65.6 Å². The Balaban J connectivity index is -0.000000215. The van der Waals surface area contributed by atoms with Crippen molar-refractivity contribution in [1.82, 2.24) is 0 Å². The normalized spacial score (nSPS) is 14.1. The Bertz CT molecular complexity index is 753. The molecule has 0 aromatic carbocycles. The number of ether oxygens (including phenoxy) is 3. The van der Waals surface area contributed by atoms with E-state index in [1.165, 1.54) is 6.92 Å². The maximum Gasteiger partial charge on any atom is 0.395 e. The fourth-order valence-electron chi connectivity index (χ4n) is 1.92. The lowest BCUT2D eigenvalue weighted by Gasteiger charge is -2.22. The topological polar surface area (TPSA) is 96.0 Å². The van der Waals surface area contributed by atoms with Gasteiger partial charge in [-0.1, -0.05) is 29.8 Å². The molecule has 232 valence electrons. The van der Waals surface area contributed by atoms with Gasteiger partial charge in [0.15, 0.2) is 10.1 Å². The Kier molecular flexibility index (Phi) is 20.4. The first kappa shape index (κ1) is 43.8. The molecule has 0 spiro atoms. The van der Waals surface area contributed by atoms with Gasteiger partial charge in [-0.05, 0) is 27.7 Å². The second kappa shape index (κ2) is 18.2. The summed E-state index contributed by atoms with van der Waals surface area (Å²) in [6, 6.07) is 0. The lowest BCUT2D eigenvalue weighted by molar-refractivity contribution is -0.177. The van der Waals surface area contributed by atoms with Gasteiger partial charge in [0.1, 0.15) is 12.2 Å². The second-order valence-electron chi connectivity index (χ2n) is 7.76. The van der Waals surface area contributed by atoms with Crippen LogP contribution in [0, 0.1) is 0 Å². The lowest BCUT2D eigenvalue weighted by atomic mass is 10.3. The maximum atomic E-state index is 11.7. The van der Waals surface area contributed by atoms with Gasteiger partial charge in [-0.2, -0.15) is 39.5 Å². The molecular formula is C21H29Cl2F9O7. The molecule has 39 heavy (non-hydrogen) atoms. The van der Waals surface area contributed by atoms with Gasteiger partial charge in [-0.3, -0.25) is 19.2 Å². The molecule has 0 fully saturated rings. The van der Waals surface area contributed by atoms with E-state index in [9.17, 15) is 58.7 Å². The molecule has 0 N–H and O–H groups in total. The van der Waals surface area contributed by atoms with E-state index in [4.69, 9.17) is 23.2 Å². The number of carbonyl (C=O) groups excluding carboxylic acids is 4. The van der Waals surface area contributed by atoms with Crippen LogP contribution in [0.4, 0.5) is 39.5 Å². The Morgan fingerprint density at radius 3 is 0.974 bits per heavy atom. The van der Waals surface area contributed by atoms with Gasteiger partial charge in [0, 0.05) is 20.8 Å². The molecule has 0 bridgehead atoms. The minimum Gasteiger partial charge on any atom is -0.443 e. The van der Waals surface area contributed by atoms with Crippen molar-refractivity contribution in [3.63, 3.8) is 0 Å². The Morgan fingerprint density at radius 2 is 0.897 bits per heavy atom. The molecule has 0 saturated heterocycles. The summed E-state index contributed by atoms with van der Waals surface area (Å²) >= 11 is 10.5. The predicted octanol–water partition coefficient (Wildman–Crippen LogP) is 7.52. The largest absolute Gasteiger partial charge is 0.443 e. The summed E-state index contributed by atoms with van der Waals surface area (Å²) in [4.78, 5) is 40.3. The van der Waals surface area contributed by atoms with Crippen LogP contribution in [0.3, 0.4) is 0 Å². The standard InChI is InChI=1S/2C6H8ClF3O2.C5H8O2.C4H5F3O/c2*1-4(11)12-5(2,7)3-6(8,9)10;1-4(2)7-5(3)6;1-3(8)2-4(5,6)7/h2*3H2,1-2H3;1H2,2-3H3;2H2,1H3. The fourth-order valence-corrected chi connectivity index (χ4v) is 2.44. The second-order valence-corrected chi connectivity index (χ2v) is 9.36. The third kappa shape index (κ3) is 49.3. The van der Waals surface area contributed by atoms with Gasteiger partial charge in [-0.25, -0.2) is 0 Å². The number of allylic oxidation sites excluding steroid dienone is 1. The summed E-state index contributed by atoms with van der Waals surface area (Å²) in [5.41, 5.74) is 0. The van der Waals surface area contributed by atoms with E-state index in [1.54, 1.807) is 6.92 Å². The number of ketones is 1. The van der Waals surface area contributed by atoms with Gasteiger partial charge in [0.05, 0.1) is 18.6 Å². The molecule has 0 aromatic rings. The minimum absolute atomic E-state index is 0.312. The molecule has 0 saturated carbocycles. The van der Waals surface area contributed by atoms with Crippen molar-refractivity contribution in [2.45, 2.75) is 96.4 Å². The van der Waals surface area contributed by atoms with Gasteiger partial charge in [0.2, 0.25) is 0 Å². The summed E-state index contributed by atoms with van der Waals surface area (Å²) in [5.74, 6) is -2.40. The monoisotopic (exact) mass is 634 g/mol. The zero-order valence-electron chi connectivity index (χ0n) is 21.8. The molecule has 18 heteroatoms. The number of esters is 3. The summed E-state index contributed by atoms with van der Waals surface area (Å²) < 4.78 is 116. The Hall–Kier alpha value is -2.23. The van der Waals surface area contributed by atoms with E-state index in [2.05, 4.69) is 20.8 Å². The molecule has 0 aliphatic rings. The average molecular weight is 635 g/mol. The van der Waals surface area contributed by atoms with Crippen molar-refractivity contribution in [3.05, 3.63) is 12.3 Å². The van der Waals surface area contributed by atoms with Crippen LogP contribution in [-0.4, -0.2) is 52.3 Å². The molecule has 7 nitrogen and oxygen atoms in total. The zero-order chi connectivity index (χ0) is 32.6. The number of halogens is 11. The van der Waals surface area contributed by atoms with Gasteiger partial charge in [0.25, 0.3) is 0 Å². The van der Waals surface area contributed by atoms with Crippen LogP contribution in [0.25, 0.3) is 0 Å². The molecule has 0 aliphatic carbocycles. The van der Waals surface area contributed by atoms with Crippen molar-refractivity contribution in [2.24, 2.45) is 0 Å². The summed E-state index contributed by atoms with van der Waals surface area (Å²) in [6.07, 6.45) is -17.2. The summed E-state index contributed by atoms with van der Waals surface area (Å²) in [7, 11) is 0. The summed E-state index contributed by atoms with van der Waals surface area (Å²) in [6.45, 7) is 11.2. The van der Waals surface area contributed by atoms with Crippen LogP contribution in [0.5, 0.6) is 0 Å². The number of hydrogen-bond acceptors (Lipinski definition) is 7. The first-order valence-corrected chi connectivity index (χ1v) is 10.9. The molecule has 0 heterocycles. The Morgan fingerprint density at radius 1 is 0.615 bits per heavy atom. The third-order valence-corrected chi connectivity index (χ3v) is 2.93. The van der Waals surface area contributed by atoms with E-state index >= 15 is 0 Å². The van der Waals surface area contributed by atoms with Crippen LogP contribution in [0.15, 0.2) is 12.3 Å². The number of hydrogen-bond donors (Lipinski definition) is 0. The quantitative estimate of drug-likeness (QED) is 0.0980. The summed E-state index contributed by atoms with van der Waals surface area (Å²) in [5, 5.41) is -3.99. The molecule has 0 rings (SSSR count). The van der Waals surface area contributed by atoms with Crippen LogP contribution >= 0.6 is 23.2 Å². The fraction of sp³-hybridized carbons (Fsp3) is 0.714. The number of alkyl halides is 11. The lowest BCUT2D eigenvalue weighted by Crippen LogP contribution is -2.30. The number of rotatable bonds is 6. The number of carbonyl (C=O) groups is 4. The van der Waals surface area contributed by atoms with Gasteiger partial charge < -0.3 is 14.2 Å². The molecule has 0 aromatic heterocycles. The van der Waals surface area contributed by atoms with Crippen LogP contribution in [0.1, 0.15) is 67.7 Å². The van der Waals surface area contributed by atoms with E-state index in [0.29, 0.717) is 5.76 Å². The highest BCUT2D eigenvalue weighted by Crippen LogP contribution is 2.33. The first-order chi connectivity index (χ1) is 16.8. The highest BCUT2D eigenvalue weighted by Gasteiger charge is 2.41. The highest BCUT2D eigenvalue weighted by atomic mass is 35.5. The smallest absolute Gasteiger partial charge is 0.395 e. The zero-order valence-corrected chi connectivity index (χ0v) is 23.4. The average Bonchev–Trinajstić information content (AvgIpc) is 2.43. The molecule has 2 atom stereocenters. The molecule has 0 amide bonds. The van der Waals surface area contributed by atoms with Crippen molar-refractivity contribution in [1.29, 1.82) is 0 Å². The van der Waals surface area contributed by atoms with Gasteiger partial charge >= 0.3 is 36.4 Å². The van der Waals surface area contributed by atoms with Crippen molar-refractivity contribution < 1.29 is 72.9 Å². The van der Waals surface area contributed by atoms with Crippen molar-refractivity contribution in [2.75, 3.05) is 0 Å². The Labute approximate surface area is 228 Å². The third-order valence-electron chi connectivity index (χ3n) is 2.51. The van der Waals surface area contributed by atoms with Crippen LogP contribution in [-0.2, 0) is 33.4 Å². The highest BCUT2D eigenvalue weighted by molar-refractivity contribution is 6.23. The van der Waals surface area contributed by atoms with Crippen LogP contribution in [0.2, 0.25) is 0 Å². The van der Waals surface area contributed by atoms with Crippen LogP contribution < -0.4 is 0 Å². The minimum atomic E-state index is -4.44.